The Morgan fingerprint density at radius 1 is 1.11 bits per heavy atom. The van der Waals surface area contributed by atoms with E-state index in [1.807, 2.05) is 37.3 Å². The Bertz CT molecular complexity index is 715. The van der Waals surface area contributed by atoms with Gasteiger partial charge in [-0.1, -0.05) is 30.3 Å². The normalized spacial score (nSPS) is 11.1. The Morgan fingerprint density at radius 2 is 1.67 bits per heavy atom. The first-order valence-corrected chi connectivity index (χ1v) is 8.41. The van der Waals surface area contributed by atoms with Crippen LogP contribution in [0.5, 0.6) is 17.2 Å². The average Bonchev–Trinajstić information content (AvgIpc) is 2.70. The summed E-state index contributed by atoms with van der Waals surface area (Å²) in [5, 5.41) is 0. The molecule has 1 atom stereocenters. The first-order valence-electron chi connectivity index (χ1n) is 8.41. The molecule has 0 heterocycles. The van der Waals surface area contributed by atoms with Gasteiger partial charge in [-0.2, -0.15) is 0 Å². The first kappa shape index (κ1) is 22.6. The number of ether oxygens (including phenoxy) is 3. The molecule has 2 aromatic rings. The summed E-state index contributed by atoms with van der Waals surface area (Å²) in [6.45, 7) is 2.64. The molecular formula is C20H27ClN2O4. The van der Waals surface area contributed by atoms with Gasteiger partial charge in [-0.3, -0.25) is 4.79 Å². The summed E-state index contributed by atoms with van der Waals surface area (Å²) < 4.78 is 16.8. The van der Waals surface area contributed by atoms with Gasteiger partial charge in [0.05, 0.1) is 14.2 Å². The Hall–Kier alpha value is -2.44. The highest BCUT2D eigenvalue weighted by Gasteiger charge is 2.22. The highest BCUT2D eigenvalue weighted by atomic mass is 35.5. The molecule has 27 heavy (non-hydrogen) atoms. The standard InChI is InChI=1S/C20H26N2O4.ClH/c1-14(12-21)22(2)20(23)16-10-17(24-3)19(18(11-16)25-4)26-13-15-8-6-5-7-9-15;/h5-11,14H,12-13,21H2,1-4H3;1H. The number of carbonyl (C=O) groups is 1. The molecule has 7 heteroatoms. The van der Waals surface area contributed by atoms with Crippen molar-refractivity contribution in [2.45, 2.75) is 19.6 Å². The molecule has 0 aromatic heterocycles. The van der Waals surface area contributed by atoms with Crippen LogP contribution in [0, 0.1) is 0 Å². The molecule has 0 saturated heterocycles. The zero-order chi connectivity index (χ0) is 19.1. The molecule has 0 aliphatic heterocycles. The lowest BCUT2D eigenvalue weighted by Gasteiger charge is -2.24. The van der Waals surface area contributed by atoms with Crippen molar-refractivity contribution in [3.63, 3.8) is 0 Å². The van der Waals surface area contributed by atoms with E-state index in [0.717, 1.165) is 5.56 Å². The van der Waals surface area contributed by atoms with Crippen molar-refractivity contribution < 1.29 is 19.0 Å². The van der Waals surface area contributed by atoms with E-state index in [9.17, 15) is 4.79 Å². The van der Waals surface area contributed by atoms with Gasteiger partial charge in [-0.05, 0) is 24.6 Å². The maximum atomic E-state index is 12.7. The minimum absolute atomic E-state index is 0. The topological polar surface area (TPSA) is 74.0 Å². The number of nitrogens with two attached hydrogens (primary N) is 1. The number of hydrogen-bond donors (Lipinski definition) is 1. The maximum Gasteiger partial charge on any atom is 0.254 e. The summed E-state index contributed by atoms with van der Waals surface area (Å²) >= 11 is 0. The van der Waals surface area contributed by atoms with Crippen LogP contribution in [-0.2, 0) is 6.61 Å². The van der Waals surface area contributed by atoms with Gasteiger partial charge in [0.2, 0.25) is 5.75 Å². The van der Waals surface area contributed by atoms with E-state index in [0.29, 0.717) is 36.0 Å². The second kappa shape index (κ2) is 10.6. The highest BCUT2D eigenvalue weighted by Crippen LogP contribution is 2.39. The molecule has 1 unspecified atom stereocenters. The van der Waals surface area contributed by atoms with Crippen molar-refractivity contribution >= 4 is 18.3 Å². The fourth-order valence-corrected chi connectivity index (χ4v) is 2.44. The lowest BCUT2D eigenvalue weighted by Crippen LogP contribution is -2.39. The minimum Gasteiger partial charge on any atom is -0.493 e. The van der Waals surface area contributed by atoms with Gasteiger partial charge in [0.1, 0.15) is 6.61 Å². The monoisotopic (exact) mass is 394 g/mol. The van der Waals surface area contributed by atoms with Crippen molar-refractivity contribution in [3.05, 3.63) is 53.6 Å². The third-order valence-corrected chi connectivity index (χ3v) is 4.26. The second-order valence-electron chi connectivity index (χ2n) is 5.98. The van der Waals surface area contributed by atoms with Crippen molar-refractivity contribution in [1.82, 2.24) is 4.90 Å². The van der Waals surface area contributed by atoms with Gasteiger partial charge in [-0.15, -0.1) is 12.4 Å². The number of likely N-dealkylation sites (N-methyl/N-ethyl adjacent to an activating group) is 1. The van der Waals surface area contributed by atoms with Crippen LogP contribution < -0.4 is 19.9 Å². The molecule has 2 rings (SSSR count). The van der Waals surface area contributed by atoms with E-state index >= 15 is 0 Å². The Balaban J connectivity index is 0.00000364. The fourth-order valence-electron chi connectivity index (χ4n) is 2.44. The number of halogens is 1. The molecule has 0 radical (unpaired) electrons. The summed E-state index contributed by atoms with van der Waals surface area (Å²) in [6.07, 6.45) is 0. The molecule has 0 fully saturated rings. The van der Waals surface area contributed by atoms with Gasteiger partial charge in [0, 0.05) is 25.2 Å². The van der Waals surface area contributed by atoms with E-state index in [-0.39, 0.29) is 24.4 Å². The lowest BCUT2D eigenvalue weighted by atomic mass is 10.1. The number of amides is 1. The van der Waals surface area contributed by atoms with Crippen LogP contribution in [0.2, 0.25) is 0 Å². The molecule has 148 valence electrons. The van der Waals surface area contributed by atoms with E-state index in [1.165, 1.54) is 14.2 Å². The van der Waals surface area contributed by atoms with Crippen molar-refractivity contribution in [3.8, 4) is 17.2 Å². The zero-order valence-corrected chi connectivity index (χ0v) is 16.9. The number of carbonyl (C=O) groups excluding carboxylic acids is 1. The van der Waals surface area contributed by atoms with Crippen LogP contribution in [0.4, 0.5) is 0 Å². The Morgan fingerprint density at radius 3 is 2.15 bits per heavy atom. The number of methoxy groups -OCH3 is 2. The molecule has 2 N–H and O–H groups in total. The summed E-state index contributed by atoms with van der Waals surface area (Å²) in [6, 6.07) is 13.0. The highest BCUT2D eigenvalue weighted by molar-refractivity contribution is 5.95. The van der Waals surface area contributed by atoms with Gasteiger partial charge < -0.3 is 24.8 Å². The van der Waals surface area contributed by atoms with Crippen LogP contribution in [-0.4, -0.2) is 44.7 Å². The summed E-state index contributed by atoms with van der Waals surface area (Å²) in [5.74, 6) is 1.19. The predicted octanol–water partition coefficient (Wildman–Crippen LogP) is 3.12. The molecule has 0 aliphatic carbocycles. The molecule has 0 bridgehead atoms. The minimum atomic E-state index is -0.158. The number of nitrogens with zero attached hydrogens (tertiary/aromatic N) is 1. The summed E-state index contributed by atoms with van der Waals surface area (Å²) in [7, 11) is 4.79. The van der Waals surface area contributed by atoms with Crippen LogP contribution in [0.3, 0.4) is 0 Å². The third kappa shape index (κ3) is 5.52. The quantitative estimate of drug-likeness (QED) is 0.744. The van der Waals surface area contributed by atoms with Gasteiger partial charge >= 0.3 is 0 Å². The van der Waals surface area contributed by atoms with Crippen molar-refractivity contribution in [2.75, 3.05) is 27.8 Å². The summed E-state index contributed by atoms with van der Waals surface area (Å²) in [5.41, 5.74) is 7.13. The van der Waals surface area contributed by atoms with E-state index in [1.54, 1.807) is 24.1 Å². The zero-order valence-electron chi connectivity index (χ0n) is 16.1. The fraction of sp³-hybridized carbons (Fsp3) is 0.350. The SMILES string of the molecule is COc1cc(C(=O)N(C)C(C)CN)cc(OC)c1OCc1ccccc1.Cl. The van der Waals surface area contributed by atoms with Gasteiger partial charge in [-0.25, -0.2) is 0 Å². The average molecular weight is 395 g/mol. The molecule has 0 spiro atoms. The maximum absolute atomic E-state index is 12.7. The second-order valence-corrected chi connectivity index (χ2v) is 5.98. The molecular weight excluding hydrogens is 368 g/mol. The third-order valence-electron chi connectivity index (χ3n) is 4.26. The number of rotatable bonds is 8. The van der Waals surface area contributed by atoms with Crippen LogP contribution in [0.25, 0.3) is 0 Å². The number of hydrogen-bond acceptors (Lipinski definition) is 5. The lowest BCUT2D eigenvalue weighted by molar-refractivity contribution is 0.0747. The number of benzene rings is 2. The smallest absolute Gasteiger partial charge is 0.254 e. The molecule has 0 saturated carbocycles. The molecule has 1 amide bonds. The molecule has 2 aromatic carbocycles. The Kier molecular flexibility index (Phi) is 8.91. The van der Waals surface area contributed by atoms with Gasteiger partial charge in [0.25, 0.3) is 5.91 Å². The molecule has 0 aliphatic rings. The Labute approximate surface area is 166 Å². The van der Waals surface area contributed by atoms with E-state index in [2.05, 4.69) is 0 Å². The van der Waals surface area contributed by atoms with Crippen LogP contribution >= 0.6 is 12.4 Å². The summed E-state index contributed by atoms with van der Waals surface area (Å²) in [4.78, 5) is 14.3. The van der Waals surface area contributed by atoms with Crippen LogP contribution in [0.1, 0.15) is 22.8 Å². The van der Waals surface area contributed by atoms with Crippen molar-refractivity contribution in [2.24, 2.45) is 5.73 Å². The first-order chi connectivity index (χ1) is 12.5. The van der Waals surface area contributed by atoms with Crippen LogP contribution in [0.15, 0.2) is 42.5 Å². The van der Waals surface area contributed by atoms with Crippen molar-refractivity contribution in [1.29, 1.82) is 0 Å². The molecule has 6 nitrogen and oxygen atoms in total. The predicted molar refractivity (Wildman–Crippen MR) is 108 cm³/mol. The van der Waals surface area contributed by atoms with E-state index < -0.39 is 0 Å². The van der Waals surface area contributed by atoms with E-state index in [4.69, 9.17) is 19.9 Å². The van der Waals surface area contributed by atoms with Gasteiger partial charge in [0.15, 0.2) is 11.5 Å². The largest absolute Gasteiger partial charge is 0.493 e.